The molecule has 2 aromatic carbocycles. The average Bonchev–Trinajstić information content (AvgIpc) is 2.46. The van der Waals surface area contributed by atoms with Crippen LogP contribution in [0.2, 0.25) is 5.02 Å². The van der Waals surface area contributed by atoms with Gasteiger partial charge in [-0.05, 0) is 36.2 Å². The highest BCUT2D eigenvalue weighted by Crippen LogP contribution is 2.24. The Hall–Kier alpha value is -2.02. The quantitative estimate of drug-likeness (QED) is 0.871. The summed E-state index contributed by atoms with van der Waals surface area (Å²) in [7, 11) is 0. The number of halogens is 1. The van der Waals surface area contributed by atoms with E-state index in [-0.39, 0.29) is 6.61 Å². The second kappa shape index (κ2) is 6.42. The minimum absolute atomic E-state index is 0.274. The van der Waals surface area contributed by atoms with Crippen molar-refractivity contribution in [2.45, 2.75) is 19.6 Å². The number of benzene rings is 2. The summed E-state index contributed by atoms with van der Waals surface area (Å²) in [5.74, 6) is 0.778. The number of ether oxygens (including phenoxy) is 1. The first kappa shape index (κ1) is 14.4. The third kappa shape index (κ3) is 3.30. The Kier molecular flexibility index (Phi) is 4.62. The van der Waals surface area contributed by atoms with Gasteiger partial charge in [-0.1, -0.05) is 35.9 Å². The monoisotopic (exact) mass is 287 g/mol. The molecule has 0 aliphatic rings. The van der Waals surface area contributed by atoms with Crippen LogP contribution in [0.25, 0.3) is 0 Å². The maximum absolute atomic E-state index is 9.71. The molecule has 1 atom stereocenters. The van der Waals surface area contributed by atoms with E-state index >= 15 is 0 Å². The number of aliphatic hydroxyl groups is 1. The van der Waals surface area contributed by atoms with Gasteiger partial charge in [0.15, 0.2) is 6.10 Å². The molecule has 3 nitrogen and oxygen atoms in total. The molecule has 1 unspecified atom stereocenters. The lowest BCUT2D eigenvalue weighted by Gasteiger charge is -2.13. The molecule has 0 aliphatic carbocycles. The summed E-state index contributed by atoms with van der Waals surface area (Å²) in [5.41, 5.74) is 2.25. The fourth-order valence-corrected chi connectivity index (χ4v) is 2.08. The van der Waals surface area contributed by atoms with Crippen LogP contribution in [0.3, 0.4) is 0 Å². The van der Waals surface area contributed by atoms with Crippen LogP contribution in [0, 0.1) is 18.3 Å². The van der Waals surface area contributed by atoms with Crippen molar-refractivity contribution in [3.05, 3.63) is 64.2 Å². The van der Waals surface area contributed by atoms with Crippen LogP contribution in [-0.4, -0.2) is 5.11 Å². The molecule has 1 N–H and O–H groups in total. The van der Waals surface area contributed by atoms with Crippen molar-refractivity contribution in [3.63, 3.8) is 0 Å². The molecule has 2 aromatic rings. The van der Waals surface area contributed by atoms with Gasteiger partial charge in [0, 0.05) is 10.6 Å². The molecule has 0 heterocycles. The number of aliphatic hydroxyl groups excluding tert-OH is 1. The predicted molar refractivity (Wildman–Crippen MR) is 77.5 cm³/mol. The number of para-hydroxylation sites is 1. The fourth-order valence-electron chi connectivity index (χ4n) is 1.90. The number of rotatable bonds is 4. The predicted octanol–water partition coefficient (Wildman–Crippen LogP) is 3.78. The van der Waals surface area contributed by atoms with Crippen molar-refractivity contribution in [2.24, 2.45) is 0 Å². The zero-order valence-electron chi connectivity index (χ0n) is 11.0. The van der Waals surface area contributed by atoms with Gasteiger partial charge in [0.05, 0.1) is 6.07 Å². The van der Waals surface area contributed by atoms with E-state index in [0.717, 1.165) is 16.9 Å². The first-order chi connectivity index (χ1) is 9.61. The van der Waals surface area contributed by atoms with E-state index in [4.69, 9.17) is 21.6 Å². The molecule has 2 rings (SSSR count). The van der Waals surface area contributed by atoms with Crippen LogP contribution in [-0.2, 0) is 6.61 Å². The second-order valence-corrected chi connectivity index (χ2v) is 4.87. The van der Waals surface area contributed by atoms with Crippen LogP contribution in [0.5, 0.6) is 5.75 Å². The van der Waals surface area contributed by atoms with Gasteiger partial charge < -0.3 is 9.84 Å². The number of hydrogen-bond acceptors (Lipinski definition) is 3. The topological polar surface area (TPSA) is 53.2 Å². The first-order valence-electron chi connectivity index (χ1n) is 6.16. The molecule has 0 amide bonds. The lowest BCUT2D eigenvalue weighted by Crippen LogP contribution is -2.04. The van der Waals surface area contributed by atoms with E-state index in [1.54, 1.807) is 24.3 Å². The highest BCUT2D eigenvalue weighted by molar-refractivity contribution is 6.30. The molecule has 102 valence electrons. The Balaban J connectivity index is 2.22. The summed E-state index contributed by atoms with van der Waals surface area (Å²) in [6.45, 7) is 2.23. The summed E-state index contributed by atoms with van der Waals surface area (Å²) in [4.78, 5) is 0. The third-order valence-corrected chi connectivity index (χ3v) is 3.24. The van der Waals surface area contributed by atoms with Crippen molar-refractivity contribution in [3.8, 4) is 11.8 Å². The van der Waals surface area contributed by atoms with Crippen LogP contribution < -0.4 is 4.74 Å². The molecular formula is C16H14ClNO2. The van der Waals surface area contributed by atoms with E-state index in [2.05, 4.69) is 0 Å². The second-order valence-electron chi connectivity index (χ2n) is 4.43. The van der Waals surface area contributed by atoms with Gasteiger partial charge in [0.25, 0.3) is 0 Å². The Bertz CT molecular complexity index is 649. The molecule has 0 saturated carbocycles. The Morgan fingerprint density at radius 2 is 2.05 bits per heavy atom. The molecule has 0 fully saturated rings. The van der Waals surface area contributed by atoms with Gasteiger partial charge in [-0.25, -0.2) is 0 Å². The Labute approximate surface area is 123 Å². The highest BCUT2D eigenvalue weighted by atomic mass is 35.5. The summed E-state index contributed by atoms with van der Waals surface area (Å²) < 4.78 is 5.73. The summed E-state index contributed by atoms with van der Waals surface area (Å²) in [5, 5.41) is 19.0. The van der Waals surface area contributed by atoms with Gasteiger partial charge in [0.1, 0.15) is 12.4 Å². The lowest BCUT2D eigenvalue weighted by atomic mass is 10.0. The van der Waals surface area contributed by atoms with Crippen LogP contribution in [0.1, 0.15) is 22.8 Å². The molecule has 0 aromatic heterocycles. The molecule has 0 aliphatic heterocycles. The van der Waals surface area contributed by atoms with Crippen molar-refractivity contribution in [2.75, 3.05) is 0 Å². The Morgan fingerprint density at radius 3 is 2.75 bits per heavy atom. The van der Waals surface area contributed by atoms with Gasteiger partial charge in [-0.2, -0.15) is 5.26 Å². The molecule has 0 radical (unpaired) electrons. The molecule has 0 spiro atoms. The van der Waals surface area contributed by atoms with E-state index in [9.17, 15) is 5.11 Å². The number of hydrogen-bond donors (Lipinski definition) is 1. The maximum atomic E-state index is 9.71. The van der Waals surface area contributed by atoms with Crippen molar-refractivity contribution in [1.82, 2.24) is 0 Å². The van der Waals surface area contributed by atoms with Crippen LogP contribution in [0.4, 0.5) is 0 Å². The van der Waals surface area contributed by atoms with E-state index in [0.29, 0.717) is 10.6 Å². The SMILES string of the molecule is Cc1ccccc1OCc1ccc(Cl)cc1C(O)C#N. The third-order valence-electron chi connectivity index (χ3n) is 3.00. The average molecular weight is 288 g/mol. The Morgan fingerprint density at radius 1 is 1.30 bits per heavy atom. The summed E-state index contributed by atoms with van der Waals surface area (Å²) in [6.07, 6.45) is -1.20. The first-order valence-corrected chi connectivity index (χ1v) is 6.54. The van der Waals surface area contributed by atoms with E-state index < -0.39 is 6.10 Å². The van der Waals surface area contributed by atoms with Crippen molar-refractivity contribution >= 4 is 11.6 Å². The molecular weight excluding hydrogens is 274 g/mol. The largest absolute Gasteiger partial charge is 0.489 e. The minimum Gasteiger partial charge on any atom is -0.489 e. The van der Waals surface area contributed by atoms with Crippen LogP contribution >= 0.6 is 11.6 Å². The number of nitrogens with zero attached hydrogens (tertiary/aromatic N) is 1. The van der Waals surface area contributed by atoms with Gasteiger partial charge in [-0.3, -0.25) is 0 Å². The van der Waals surface area contributed by atoms with E-state index in [1.165, 1.54) is 0 Å². The lowest BCUT2D eigenvalue weighted by molar-refractivity contribution is 0.229. The molecule has 0 saturated heterocycles. The maximum Gasteiger partial charge on any atom is 0.166 e. The van der Waals surface area contributed by atoms with Crippen molar-refractivity contribution < 1.29 is 9.84 Å². The standard InChI is InChI=1S/C16H14ClNO2/c1-11-4-2-3-5-16(11)20-10-12-6-7-13(17)8-14(12)15(19)9-18/h2-8,15,19H,10H2,1H3. The normalized spacial score (nSPS) is 11.7. The molecule has 0 bridgehead atoms. The zero-order chi connectivity index (χ0) is 14.5. The van der Waals surface area contributed by atoms with Crippen LogP contribution in [0.15, 0.2) is 42.5 Å². The van der Waals surface area contributed by atoms with E-state index in [1.807, 2.05) is 31.2 Å². The van der Waals surface area contributed by atoms with Gasteiger partial charge in [0.2, 0.25) is 0 Å². The summed E-state index contributed by atoms with van der Waals surface area (Å²) in [6, 6.07) is 14.5. The summed E-state index contributed by atoms with van der Waals surface area (Å²) >= 11 is 5.90. The van der Waals surface area contributed by atoms with Gasteiger partial charge in [-0.15, -0.1) is 0 Å². The molecule has 4 heteroatoms. The minimum atomic E-state index is -1.20. The molecule has 20 heavy (non-hydrogen) atoms. The smallest absolute Gasteiger partial charge is 0.166 e. The fraction of sp³-hybridized carbons (Fsp3) is 0.188. The van der Waals surface area contributed by atoms with Gasteiger partial charge >= 0.3 is 0 Å². The highest BCUT2D eigenvalue weighted by Gasteiger charge is 2.13. The zero-order valence-corrected chi connectivity index (χ0v) is 11.8. The number of aryl methyl sites for hydroxylation is 1. The number of nitriles is 1. The van der Waals surface area contributed by atoms with Crippen molar-refractivity contribution in [1.29, 1.82) is 5.26 Å².